The van der Waals surface area contributed by atoms with Gasteiger partial charge in [-0.05, 0) is 17.7 Å². The largest absolute Gasteiger partial charge is 0.493 e. The molecule has 0 atom stereocenters. The van der Waals surface area contributed by atoms with Gasteiger partial charge in [0.25, 0.3) is 0 Å². The van der Waals surface area contributed by atoms with Crippen LogP contribution in [0.1, 0.15) is 5.56 Å². The molecule has 0 saturated heterocycles. The van der Waals surface area contributed by atoms with Gasteiger partial charge in [0.15, 0.2) is 18.8 Å². The number of hydrogen-bond acceptors (Lipinski definition) is 3. The van der Waals surface area contributed by atoms with Crippen LogP contribution in [0.4, 0.5) is 5.69 Å². The van der Waals surface area contributed by atoms with E-state index in [0.29, 0.717) is 18.0 Å². The Balaban J connectivity index is 2.23. The minimum Gasteiger partial charge on any atom is -0.493 e. The topological polar surface area (TPSA) is 21.7 Å². The molecule has 0 aliphatic rings. The van der Waals surface area contributed by atoms with Crippen LogP contribution in [0.15, 0.2) is 48.5 Å². The molecule has 5 heteroatoms. The zero-order valence-electron chi connectivity index (χ0n) is 11.7. The summed E-state index contributed by atoms with van der Waals surface area (Å²) in [6.45, 7) is 0.701. The third kappa shape index (κ3) is 3.29. The van der Waals surface area contributed by atoms with Gasteiger partial charge in [0.2, 0.25) is 0 Å². The number of hydrogen-bond donors (Lipinski definition) is 0. The zero-order valence-corrected chi connectivity index (χ0v) is 11.7. The summed E-state index contributed by atoms with van der Waals surface area (Å²) < 4.78 is 10.6. The minimum atomic E-state index is 0.685. The molecule has 0 heterocycles. The standard InChI is InChI=1S/C15H16B2NO2/c1-19-14-9-8-13(10-15(14)20-2)18(17-16)11-12-6-4-3-5-7-12/h3-10H,11H2,1-2H3. The molecular formula is C15H16B2NO2. The minimum absolute atomic E-state index is 0.685. The Hall–Kier alpha value is -2.03. The van der Waals surface area contributed by atoms with Gasteiger partial charge in [-0.3, -0.25) is 0 Å². The molecule has 0 amide bonds. The second kappa shape index (κ2) is 6.94. The second-order valence-electron chi connectivity index (χ2n) is 4.30. The van der Waals surface area contributed by atoms with E-state index in [1.807, 2.05) is 41.2 Å². The van der Waals surface area contributed by atoms with Crippen molar-refractivity contribution in [2.24, 2.45) is 0 Å². The molecule has 0 aliphatic heterocycles. The van der Waals surface area contributed by atoms with Gasteiger partial charge in [0, 0.05) is 26.0 Å². The first-order chi connectivity index (χ1) is 9.78. The lowest BCUT2D eigenvalue weighted by Crippen LogP contribution is -2.27. The summed E-state index contributed by atoms with van der Waals surface area (Å²) in [5.41, 5.74) is 2.14. The fraction of sp³-hybridized carbons (Fsp3) is 0.200. The molecule has 99 valence electrons. The Kier molecular flexibility index (Phi) is 4.99. The smallest absolute Gasteiger partial charge is 0.184 e. The van der Waals surface area contributed by atoms with Crippen molar-refractivity contribution in [3.05, 3.63) is 54.1 Å². The molecule has 3 radical (unpaired) electrons. The molecule has 0 aliphatic carbocycles. The van der Waals surface area contributed by atoms with Gasteiger partial charge >= 0.3 is 0 Å². The summed E-state index contributed by atoms with van der Waals surface area (Å²) in [5, 5.41) is 0. The number of nitrogens with zero attached hydrogens (tertiary/aromatic N) is 1. The van der Waals surface area contributed by atoms with Crippen LogP contribution in [0.2, 0.25) is 0 Å². The average Bonchev–Trinajstić information content (AvgIpc) is 2.53. The van der Waals surface area contributed by atoms with Crippen molar-refractivity contribution in [1.29, 1.82) is 0 Å². The highest BCUT2D eigenvalue weighted by Crippen LogP contribution is 2.31. The Labute approximate surface area is 122 Å². The quantitative estimate of drug-likeness (QED) is 0.748. The number of methoxy groups -OCH3 is 2. The molecule has 2 rings (SSSR count). The number of ether oxygens (including phenoxy) is 2. The molecule has 0 saturated carbocycles. The maximum atomic E-state index is 5.74. The van der Waals surface area contributed by atoms with Crippen LogP contribution in [0.25, 0.3) is 0 Å². The van der Waals surface area contributed by atoms with Crippen LogP contribution >= 0.6 is 0 Å². The molecule has 2 aromatic rings. The predicted molar refractivity (Wildman–Crippen MR) is 83.7 cm³/mol. The van der Waals surface area contributed by atoms with Gasteiger partial charge in [-0.15, -0.1) is 0 Å². The molecule has 2 aromatic carbocycles. The Morgan fingerprint density at radius 3 is 2.30 bits per heavy atom. The van der Waals surface area contributed by atoms with Crippen LogP contribution in [-0.4, -0.2) is 29.3 Å². The lowest BCUT2D eigenvalue weighted by Gasteiger charge is -2.24. The van der Waals surface area contributed by atoms with E-state index >= 15 is 0 Å². The molecule has 20 heavy (non-hydrogen) atoms. The molecule has 0 unspecified atom stereocenters. The van der Waals surface area contributed by atoms with Crippen molar-refractivity contribution >= 4 is 20.7 Å². The average molecular weight is 264 g/mol. The van der Waals surface area contributed by atoms with E-state index in [1.165, 1.54) is 5.56 Å². The fourth-order valence-corrected chi connectivity index (χ4v) is 2.01. The van der Waals surface area contributed by atoms with Crippen molar-refractivity contribution in [3.63, 3.8) is 0 Å². The SMILES string of the molecule is [B][B]N(Cc1ccccc1)c1ccc(OC)c(OC)c1. The first-order valence-electron chi connectivity index (χ1n) is 6.36. The Morgan fingerprint density at radius 2 is 1.70 bits per heavy atom. The van der Waals surface area contributed by atoms with Crippen molar-refractivity contribution in [1.82, 2.24) is 0 Å². The van der Waals surface area contributed by atoms with E-state index in [-0.39, 0.29) is 0 Å². The van der Waals surface area contributed by atoms with E-state index in [2.05, 4.69) is 12.1 Å². The van der Waals surface area contributed by atoms with E-state index < -0.39 is 0 Å². The molecule has 0 aromatic heterocycles. The maximum Gasteiger partial charge on any atom is 0.184 e. The normalized spacial score (nSPS) is 9.90. The summed E-state index contributed by atoms with van der Waals surface area (Å²) in [6.07, 6.45) is 0. The Morgan fingerprint density at radius 1 is 1.00 bits per heavy atom. The molecule has 0 N–H and O–H groups in total. The second-order valence-corrected chi connectivity index (χ2v) is 4.30. The van der Waals surface area contributed by atoms with Gasteiger partial charge in [0.05, 0.1) is 14.2 Å². The van der Waals surface area contributed by atoms with Gasteiger partial charge in [-0.2, -0.15) is 0 Å². The van der Waals surface area contributed by atoms with Crippen LogP contribution in [0, 0.1) is 0 Å². The van der Waals surface area contributed by atoms with E-state index in [0.717, 1.165) is 5.69 Å². The van der Waals surface area contributed by atoms with Crippen molar-refractivity contribution in [2.45, 2.75) is 6.54 Å². The predicted octanol–water partition coefficient (Wildman–Crippen LogP) is 2.41. The highest BCUT2D eigenvalue weighted by Gasteiger charge is 2.10. The first kappa shape index (κ1) is 14.4. The number of anilines is 1. The molecule has 0 fully saturated rings. The van der Waals surface area contributed by atoms with E-state index in [9.17, 15) is 0 Å². The summed E-state index contributed by atoms with van der Waals surface area (Å²) in [4.78, 5) is 1.96. The van der Waals surface area contributed by atoms with Crippen molar-refractivity contribution < 1.29 is 9.47 Å². The van der Waals surface area contributed by atoms with Crippen LogP contribution in [0.5, 0.6) is 11.5 Å². The van der Waals surface area contributed by atoms with Crippen LogP contribution in [-0.2, 0) is 6.54 Å². The monoisotopic (exact) mass is 264 g/mol. The third-order valence-corrected chi connectivity index (χ3v) is 3.07. The van der Waals surface area contributed by atoms with Crippen molar-refractivity contribution in [2.75, 3.05) is 19.0 Å². The van der Waals surface area contributed by atoms with Crippen LogP contribution < -0.4 is 14.3 Å². The van der Waals surface area contributed by atoms with Gasteiger partial charge in [-0.1, -0.05) is 30.3 Å². The first-order valence-corrected chi connectivity index (χ1v) is 6.36. The summed E-state index contributed by atoms with van der Waals surface area (Å²) in [6, 6.07) is 15.9. The number of rotatable bonds is 6. The number of benzene rings is 2. The lowest BCUT2D eigenvalue weighted by atomic mass is 9.64. The summed E-state index contributed by atoms with van der Waals surface area (Å²) in [5.74, 6) is 1.39. The lowest BCUT2D eigenvalue weighted by molar-refractivity contribution is 0.355. The fourth-order valence-electron chi connectivity index (χ4n) is 2.01. The van der Waals surface area contributed by atoms with Crippen molar-refractivity contribution in [3.8, 4) is 11.5 Å². The molecule has 3 nitrogen and oxygen atoms in total. The summed E-state index contributed by atoms with van der Waals surface area (Å²) in [7, 11) is 10.5. The Bertz CT molecular complexity index is 549. The van der Waals surface area contributed by atoms with Crippen LogP contribution in [0.3, 0.4) is 0 Å². The van der Waals surface area contributed by atoms with Gasteiger partial charge in [-0.25, -0.2) is 0 Å². The highest BCUT2D eigenvalue weighted by atomic mass is 16.5. The third-order valence-electron chi connectivity index (χ3n) is 3.07. The van der Waals surface area contributed by atoms with E-state index in [1.54, 1.807) is 21.5 Å². The van der Waals surface area contributed by atoms with Gasteiger partial charge in [0.1, 0.15) is 0 Å². The zero-order chi connectivity index (χ0) is 14.4. The van der Waals surface area contributed by atoms with E-state index in [4.69, 9.17) is 17.2 Å². The maximum absolute atomic E-state index is 5.74. The highest BCUT2D eigenvalue weighted by molar-refractivity contribution is 6.91. The molecule has 0 bridgehead atoms. The molecular weight excluding hydrogens is 248 g/mol. The molecule has 0 spiro atoms. The summed E-state index contributed by atoms with van der Waals surface area (Å²) >= 11 is 0. The van der Waals surface area contributed by atoms with Gasteiger partial charge < -0.3 is 14.3 Å².